The van der Waals surface area contributed by atoms with E-state index in [1.54, 1.807) is 6.07 Å². The molecule has 2 amide bonds. The van der Waals surface area contributed by atoms with E-state index in [0.717, 1.165) is 11.1 Å². The molecule has 4 nitrogen and oxygen atoms in total. The standard InChI is InChI=1S/C13H19FN2O2/c1-10-9-12(14)4-3-11(10)5-7-16-13(18)15-6-2-8-17/h3-4,9,17H,2,5-8H2,1H3,(H2,15,16,18). The number of halogens is 1. The first-order valence-corrected chi connectivity index (χ1v) is 6.01. The minimum Gasteiger partial charge on any atom is -0.396 e. The molecule has 0 fully saturated rings. The number of carbonyl (C=O) groups is 1. The predicted octanol–water partition coefficient (Wildman–Crippen LogP) is 1.36. The zero-order valence-corrected chi connectivity index (χ0v) is 10.5. The molecule has 0 aliphatic heterocycles. The number of urea groups is 1. The van der Waals surface area contributed by atoms with Crippen LogP contribution in [0.3, 0.4) is 0 Å². The van der Waals surface area contributed by atoms with Gasteiger partial charge in [0.1, 0.15) is 5.82 Å². The summed E-state index contributed by atoms with van der Waals surface area (Å²) in [6.07, 6.45) is 1.21. The molecule has 0 spiro atoms. The molecular weight excluding hydrogens is 235 g/mol. The van der Waals surface area contributed by atoms with E-state index in [9.17, 15) is 9.18 Å². The Morgan fingerprint density at radius 3 is 2.72 bits per heavy atom. The highest BCUT2D eigenvalue weighted by Crippen LogP contribution is 2.10. The second kappa shape index (κ2) is 7.66. The van der Waals surface area contributed by atoms with Gasteiger partial charge in [0.05, 0.1) is 0 Å². The number of carbonyl (C=O) groups excluding carboxylic acids is 1. The van der Waals surface area contributed by atoms with Crippen molar-refractivity contribution in [3.8, 4) is 0 Å². The van der Waals surface area contributed by atoms with Gasteiger partial charge in [0.2, 0.25) is 0 Å². The highest BCUT2D eigenvalue weighted by molar-refractivity contribution is 5.73. The average molecular weight is 254 g/mol. The zero-order chi connectivity index (χ0) is 13.4. The van der Waals surface area contributed by atoms with Crippen LogP contribution < -0.4 is 10.6 Å². The Hall–Kier alpha value is -1.62. The molecule has 0 aliphatic rings. The van der Waals surface area contributed by atoms with E-state index in [2.05, 4.69) is 10.6 Å². The van der Waals surface area contributed by atoms with E-state index in [-0.39, 0.29) is 18.5 Å². The van der Waals surface area contributed by atoms with Crippen molar-refractivity contribution >= 4 is 6.03 Å². The molecule has 18 heavy (non-hydrogen) atoms. The fourth-order valence-corrected chi connectivity index (χ4v) is 1.59. The van der Waals surface area contributed by atoms with Gasteiger partial charge in [-0.15, -0.1) is 0 Å². The Kier molecular flexibility index (Phi) is 6.14. The lowest BCUT2D eigenvalue weighted by molar-refractivity contribution is 0.238. The number of hydrogen-bond acceptors (Lipinski definition) is 2. The van der Waals surface area contributed by atoms with E-state index < -0.39 is 0 Å². The monoisotopic (exact) mass is 254 g/mol. The molecule has 0 saturated heterocycles. The predicted molar refractivity (Wildman–Crippen MR) is 67.9 cm³/mol. The van der Waals surface area contributed by atoms with E-state index in [0.29, 0.717) is 25.9 Å². The maximum absolute atomic E-state index is 12.9. The van der Waals surface area contributed by atoms with Gasteiger partial charge >= 0.3 is 6.03 Å². The number of aliphatic hydroxyl groups excluding tert-OH is 1. The van der Waals surface area contributed by atoms with Crippen molar-refractivity contribution < 1.29 is 14.3 Å². The normalized spacial score (nSPS) is 10.2. The molecule has 0 radical (unpaired) electrons. The number of amides is 2. The zero-order valence-electron chi connectivity index (χ0n) is 10.5. The summed E-state index contributed by atoms with van der Waals surface area (Å²) in [6, 6.07) is 4.39. The topological polar surface area (TPSA) is 61.4 Å². The van der Waals surface area contributed by atoms with Crippen molar-refractivity contribution in [2.24, 2.45) is 0 Å². The van der Waals surface area contributed by atoms with Crippen LogP contribution in [0.1, 0.15) is 17.5 Å². The van der Waals surface area contributed by atoms with Crippen molar-refractivity contribution in [3.05, 3.63) is 35.1 Å². The lowest BCUT2D eigenvalue weighted by atomic mass is 10.1. The molecule has 0 atom stereocenters. The van der Waals surface area contributed by atoms with Crippen LogP contribution in [0, 0.1) is 12.7 Å². The van der Waals surface area contributed by atoms with E-state index in [4.69, 9.17) is 5.11 Å². The molecular formula is C13H19FN2O2. The first-order chi connectivity index (χ1) is 8.63. The summed E-state index contributed by atoms with van der Waals surface area (Å²) in [6.45, 7) is 2.87. The Labute approximate surface area is 106 Å². The first kappa shape index (κ1) is 14.4. The van der Waals surface area contributed by atoms with Crippen molar-refractivity contribution in [3.63, 3.8) is 0 Å². The number of aryl methyl sites for hydroxylation is 1. The Bertz CT molecular complexity index is 397. The van der Waals surface area contributed by atoms with Crippen molar-refractivity contribution in [1.29, 1.82) is 0 Å². The van der Waals surface area contributed by atoms with Crippen LogP contribution in [0.25, 0.3) is 0 Å². The van der Waals surface area contributed by atoms with Crippen LogP contribution in [-0.2, 0) is 6.42 Å². The van der Waals surface area contributed by atoms with Gasteiger partial charge < -0.3 is 15.7 Å². The van der Waals surface area contributed by atoms with E-state index in [1.165, 1.54) is 12.1 Å². The molecule has 0 unspecified atom stereocenters. The molecule has 1 aromatic carbocycles. The summed E-state index contributed by atoms with van der Waals surface area (Å²) in [5, 5.41) is 13.9. The summed E-state index contributed by atoms with van der Waals surface area (Å²) < 4.78 is 12.9. The van der Waals surface area contributed by atoms with Crippen LogP contribution in [0.2, 0.25) is 0 Å². The van der Waals surface area contributed by atoms with E-state index >= 15 is 0 Å². The van der Waals surface area contributed by atoms with Gasteiger partial charge in [0, 0.05) is 19.7 Å². The number of benzene rings is 1. The largest absolute Gasteiger partial charge is 0.396 e. The third-order valence-corrected chi connectivity index (χ3v) is 2.60. The highest BCUT2D eigenvalue weighted by Gasteiger charge is 2.02. The molecule has 1 rings (SSSR count). The Morgan fingerprint density at radius 2 is 2.06 bits per heavy atom. The van der Waals surface area contributed by atoms with Crippen LogP contribution in [0.4, 0.5) is 9.18 Å². The molecule has 1 aromatic rings. The second-order valence-corrected chi connectivity index (χ2v) is 4.08. The molecule has 3 N–H and O–H groups in total. The average Bonchev–Trinajstić information content (AvgIpc) is 2.32. The van der Waals surface area contributed by atoms with Gasteiger partial charge in [-0.3, -0.25) is 0 Å². The lowest BCUT2D eigenvalue weighted by Crippen LogP contribution is -2.37. The van der Waals surface area contributed by atoms with Gasteiger partial charge in [-0.2, -0.15) is 0 Å². The number of aliphatic hydroxyl groups is 1. The molecule has 0 heterocycles. The lowest BCUT2D eigenvalue weighted by Gasteiger charge is -2.08. The maximum Gasteiger partial charge on any atom is 0.314 e. The quantitative estimate of drug-likeness (QED) is 0.671. The van der Waals surface area contributed by atoms with Gasteiger partial charge in [-0.25, -0.2) is 9.18 Å². The van der Waals surface area contributed by atoms with E-state index in [1.807, 2.05) is 6.92 Å². The Morgan fingerprint density at radius 1 is 1.33 bits per heavy atom. The number of hydrogen-bond donors (Lipinski definition) is 3. The summed E-state index contributed by atoms with van der Waals surface area (Å²) >= 11 is 0. The fraction of sp³-hybridized carbons (Fsp3) is 0.462. The molecule has 0 saturated carbocycles. The molecule has 0 bridgehead atoms. The minimum atomic E-state index is -0.247. The number of nitrogens with one attached hydrogen (secondary N) is 2. The maximum atomic E-state index is 12.9. The fourth-order valence-electron chi connectivity index (χ4n) is 1.59. The molecule has 5 heteroatoms. The van der Waals surface area contributed by atoms with Gasteiger partial charge in [-0.05, 0) is 43.0 Å². The van der Waals surface area contributed by atoms with Crippen molar-refractivity contribution in [1.82, 2.24) is 10.6 Å². The molecule has 100 valence electrons. The first-order valence-electron chi connectivity index (χ1n) is 6.01. The van der Waals surface area contributed by atoms with Crippen molar-refractivity contribution in [2.45, 2.75) is 19.8 Å². The SMILES string of the molecule is Cc1cc(F)ccc1CCNC(=O)NCCCO. The third kappa shape index (κ3) is 5.14. The molecule has 0 aromatic heterocycles. The summed E-state index contributed by atoms with van der Waals surface area (Å²) in [5.74, 6) is -0.244. The van der Waals surface area contributed by atoms with Gasteiger partial charge in [-0.1, -0.05) is 6.07 Å². The summed E-state index contributed by atoms with van der Waals surface area (Å²) in [7, 11) is 0. The Balaban J connectivity index is 2.26. The van der Waals surface area contributed by atoms with Gasteiger partial charge in [0.25, 0.3) is 0 Å². The third-order valence-electron chi connectivity index (χ3n) is 2.60. The minimum absolute atomic E-state index is 0.0645. The smallest absolute Gasteiger partial charge is 0.314 e. The van der Waals surface area contributed by atoms with Crippen LogP contribution in [-0.4, -0.2) is 30.8 Å². The van der Waals surface area contributed by atoms with Crippen LogP contribution in [0.15, 0.2) is 18.2 Å². The number of rotatable bonds is 6. The van der Waals surface area contributed by atoms with Gasteiger partial charge in [0.15, 0.2) is 0 Å². The van der Waals surface area contributed by atoms with Crippen LogP contribution >= 0.6 is 0 Å². The summed E-state index contributed by atoms with van der Waals surface area (Å²) in [4.78, 5) is 11.3. The van der Waals surface area contributed by atoms with Crippen molar-refractivity contribution in [2.75, 3.05) is 19.7 Å². The molecule has 0 aliphatic carbocycles. The second-order valence-electron chi connectivity index (χ2n) is 4.08. The van der Waals surface area contributed by atoms with Crippen LogP contribution in [0.5, 0.6) is 0 Å². The highest BCUT2D eigenvalue weighted by atomic mass is 19.1. The summed E-state index contributed by atoms with van der Waals surface area (Å²) in [5.41, 5.74) is 1.91.